The van der Waals surface area contributed by atoms with E-state index in [0.717, 1.165) is 0 Å². The molecule has 0 aliphatic rings. The average Bonchev–Trinajstić information content (AvgIpc) is 3.22. The number of methoxy groups -OCH3 is 2. The molecule has 154 valence electrons. The molecule has 0 saturated carbocycles. The SMILES string of the molecule is COc1ccc2c(=O)c(-c3cnn(-c4ccccc4)c3)c(C(F)(F)F)oc2c1OC. The van der Waals surface area contributed by atoms with Crippen LogP contribution < -0.4 is 14.9 Å². The zero-order valence-electron chi connectivity index (χ0n) is 15.9. The second-order valence-electron chi connectivity index (χ2n) is 6.32. The molecule has 0 fully saturated rings. The van der Waals surface area contributed by atoms with Gasteiger partial charge in [-0.1, -0.05) is 18.2 Å². The number of hydrogen-bond donors (Lipinski definition) is 0. The van der Waals surface area contributed by atoms with Crippen LogP contribution in [0, 0.1) is 0 Å². The molecule has 0 spiro atoms. The monoisotopic (exact) mass is 416 g/mol. The smallest absolute Gasteiger partial charge is 0.450 e. The molecule has 0 saturated heterocycles. The Balaban J connectivity index is 2.02. The van der Waals surface area contributed by atoms with Gasteiger partial charge in [0.25, 0.3) is 0 Å². The maximum Gasteiger partial charge on any atom is 0.450 e. The number of halogens is 3. The van der Waals surface area contributed by atoms with Gasteiger partial charge in [-0.15, -0.1) is 0 Å². The highest BCUT2D eigenvalue weighted by molar-refractivity contribution is 5.89. The molecule has 2 heterocycles. The fourth-order valence-electron chi connectivity index (χ4n) is 3.21. The van der Waals surface area contributed by atoms with Gasteiger partial charge in [-0.05, 0) is 24.3 Å². The summed E-state index contributed by atoms with van der Waals surface area (Å²) in [5.74, 6) is -1.38. The molecule has 0 N–H and O–H groups in total. The van der Waals surface area contributed by atoms with E-state index in [2.05, 4.69) is 5.10 Å². The topological polar surface area (TPSA) is 66.5 Å². The zero-order valence-corrected chi connectivity index (χ0v) is 15.9. The van der Waals surface area contributed by atoms with Crippen molar-refractivity contribution in [2.45, 2.75) is 6.18 Å². The lowest BCUT2D eigenvalue weighted by Crippen LogP contribution is -2.16. The van der Waals surface area contributed by atoms with Crippen LogP contribution in [-0.4, -0.2) is 24.0 Å². The van der Waals surface area contributed by atoms with Gasteiger partial charge in [-0.25, -0.2) is 4.68 Å². The Kier molecular flexibility index (Phi) is 4.73. The van der Waals surface area contributed by atoms with Crippen LogP contribution >= 0.6 is 0 Å². The third-order valence-corrected chi connectivity index (χ3v) is 4.55. The Bertz CT molecular complexity index is 1280. The quantitative estimate of drug-likeness (QED) is 0.483. The van der Waals surface area contributed by atoms with Gasteiger partial charge >= 0.3 is 6.18 Å². The highest BCUT2D eigenvalue weighted by Crippen LogP contribution is 2.41. The van der Waals surface area contributed by atoms with Gasteiger partial charge in [0.1, 0.15) is 0 Å². The van der Waals surface area contributed by atoms with Gasteiger partial charge < -0.3 is 13.9 Å². The van der Waals surface area contributed by atoms with Crippen molar-refractivity contribution in [2.24, 2.45) is 0 Å². The summed E-state index contributed by atoms with van der Waals surface area (Å²) in [5.41, 5.74) is -1.19. The molecule has 0 aliphatic carbocycles. The maximum atomic E-state index is 13.9. The molecular formula is C21H15F3N2O4. The fourth-order valence-corrected chi connectivity index (χ4v) is 3.21. The highest BCUT2D eigenvalue weighted by Gasteiger charge is 2.40. The predicted octanol–water partition coefficient (Wildman–Crippen LogP) is 4.68. The second-order valence-corrected chi connectivity index (χ2v) is 6.32. The van der Waals surface area contributed by atoms with E-state index < -0.39 is 22.9 Å². The van der Waals surface area contributed by atoms with E-state index in [9.17, 15) is 18.0 Å². The lowest BCUT2D eigenvalue weighted by atomic mass is 10.0. The van der Waals surface area contributed by atoms with Crippen LogP contribution in [0.2, 0.25) is 0 Å². The molecule has 0 radical (unpaired) electrons. The van der Waals surface area contributed by atoms with Crippen LogP contribution in [0.15, 0.2) is 64.1 Å². The van der Waals surface area contributed by atoms with Crippen LogP contribution in [0.4, 0.5) is 13.2 Å². The Morgan fingerprint density at radius 1 is 1.03 bits per heavy atom. The van der Waals surface area contributed by atoms with E-state index in [-0.39, 0.29) is 28.0 Å². The van der Waals surface area contributed by atoms with E-state index in [4.69, 9.17) is 13.9 Å². The summed E-state index contributed by atoms with van der Waals surface area (Å²) in [5, 5.41) is 4.03. The van der Waals surface area contributed by atoms with Crippen LogP contribution in [0.3, 0.4) is 0 Å². The van der Waals surface area contributed by atoms with Gasteiger partial charge in [-0.3, -0.25) is 4.79 Å². The lowest BCUT2D eigenvalue weighted by molar-refractivity contribution is -0.152. The van der Waals surface area contributed by atoms with Crippen molar-refractivity contribution in [2.75, 3.05) is 14.2 Å². The van der Waals surface area contributed by atoms with Crippen LogP contribution in [0.5, 0.6) is 11.5 Å². The molecule has 2 aromatic carbocycles. The number of fused-ring (bicyclic) bond motifs is 1. The van der Waals surface area contributed by atoms with E-state index in [1.165, 1.54) is 43.4 Å². The number of hydrogen-bond acceptors (Lipinski definition) is 5. The summed E-state index contributed by atoms with van der Waals surface area (Å²) in [6.45, 7) is 0. The number of ether oxygens (including phenoxy) is 2. The Morgan fingerprint density at radius 2 is 1.77 bits per heavy atom. The van der Waals surface area contributed by atoms with Crippen LogP contribution in [-0.2, 0) is 6.18 Å². The zero-order chi connectivity index (χ0) is 21.5. The molecule has 9 heteroatoms. The lowest BCUT2D eigenvalue weighted by Gasteiger charge is -2.14. The van der Waals surface area contributed by atoms with Crippen molar-refractivity contribution >= 4 is 11.0 Å². The molecule has 2 aromatic heterocycles. The Labute approximate surface area is 168 Å². The minimum absolute atomic E-state index is 0.0170. The summed E-state index contributed by atoms with van der Waals surface area (Å²) >= 11 is 0. The summed E-state index contributed by atoms with van der Waals surface area (Å²) in [6, 6.07) is 11.6. The normalized spacial score (nSPS) is 11.6. The van der Waals surface area contributed by atoms with Crippen molar-refractivity contribution in [3.8, 4) is 28.3 Å². The van der Waals surface area contributed by atoms with Gasteiger partial charge in [0, 0.05) is 11.8 Å². The number of rotatable bonds is 4. The van der Waals surface area contributed by atoms with E-state index in [1.54, 1.807) is 30.3 Å². The molecule has 0 unspecified atom stereocenters. The molecular weight excluding hydrogens is 401 g/mol. The Hall–Kier alpha value is -3.75. The molecule has 0 bridgehead atoms. The molecule has 0 aliphatic heterocycles. The van der Waals surface area contributed by atoms with E-state index in [1.807, 2.05) is 0 Å². The third-order valence-electron chi connectivity index (χ3n) is 4.55. The molecule has 4 rings (SSSR count). The summed E-state index contributed by atoms with van der Waals surface area (Å²) in [7, 11) is 2.58. The minimum Gasteiger partial charge on any atom is -0.493 e. The second kappa shape index (κ2) is 7.25. The van der Waals surface area contributed by atoms with Crippen molar-refractivity contribution in [1.29, 1.82) is 0 Å². The molecule has 30 heavy (non-hydrogen) atoms. The standard InChI is InChI=1S/C21H15F3N2O4/c1-28-15-9-8-14-17(27)16(20(21(22,23)24)30-18(14)19(15)29-2)12-10-25-26(11-12)13-6-4-3-5-7-13/h3-11H,1-2H3. The number of para-hydroxylation sites is 1. The van der Waals surface area contributed by atoms with Crippen molar-refractivity contribution in [3.63, 3.8) is 0 Å². The number of aromatic nitrogens is 2. The minimum atomic E-state index is -4.92. The van der Waals surface area contributed by atoms with Crippen molar-refractivity contribution in [1.82, 2.24) is 9.78 Å². The maximum absolute atomic E-state index is 13.9. The first kappa shape index (κ1) is 19.6. The van der Waals surface area contributed by atoms with Gasteiger partial charge in [0.15, 0.2) is 11.3 Å². The predicted molar refractivity (Wildman–Crippen MR) is 103 cm³/mol. The van der Waals surface area contributed by atoms with Gasteiger partial charge in [0.05, 0.1) is 37.1 Å². The third kappa shape index (κ3) is 3.18. The fraction of sp³-hybridized carbons (Fsp3) is 0.143. The summed E-state index contributed by atoms with van der Waals surface area (Å²) < 4.78 is 58.4. The highest BCUT2D eigenvalue weighted by atomic mass is 19.4. The average molecular weight is 416 g/mol. The Morgan fingerprint density at radius 3 is 2.40 bits per heavy atom. The number of nitrogens with zero attached hydrogens (tertiary/aromatic N) is 2. The van der Waals surface area contributed by atoms with Gasteiger partial charge in [0.2, 0.25) is 16.9 Å². The van der Waals surface area contributed by atoms with E-state index in [0.29, 0.717) is 5.69 Å². The summed E-state index contributed by atoms with van der Waals surface area (Å²) in [4.78, 5) is 13.1. The number of alkyl halides is 3. The van der Waals surface area contributed by atoms with Crippen molar-refractivity contribution in [3.05, 3.63) is 70.8 Å². The van der Waals surface area contributed by atoms with Gasteiger partial charge in [-0.2, -0.15) is 18.3 Å². The van der Waals surface area contributed by atoms with Crippen LogP contribution in [0.25, 0.3) is 27.8 Å². The van der Waals surface area contributed by atoms with E-state index >= 15 is 0 Å². The molecule has 4 aromatic rings. The number of benzene rings is 2. The largest absolute Gasteiger partial charge is 0.493 e. The van der Waals surface area contributed by atoms with Crippen LogP contribution in [0.1, 0.15) is 5.76 Å². The molecule has 0 atom stereocenters. The molecule has 0 amide bonds. The first-order chi connectivity index (χ1) is 14.3. The first-order valence-electron chi connectivity index (χ1n) is 8.74. The summed E-state index contributed by atoms with van der Waals surface area (Å²) in [6.07, 6.45) is -2.38. The first-order valence-corrected chi connectivity index (χ1v) is 8.74. The molecule has 6 nitrogen and oxygen atoms in total. The van der Waals surface area contributed by atoms with Crippen molar-refractivity contribution < 1.29 is 27.1 Å².